The van der Waals surface area contributed by atoms with Gasteiger partial charge in [-0.05, 0) is 44.0 Å². The van der Waals surface area contributed by atoms with Crippen LogP contribution in [0.15, 0.2) is 24.3 Å². The third-order valence-electron chi connectivity index (χ3n) is 4.28. The summed E-state index contributed by atoms with van der Waals surface area (Å²) in [6.07, 6.45) is 2.63. The van der Waals surface area contributed by atoms with E-state index in [1.807, 2.05) is 31.2 Å². The van der Waals surface area contributed by atoms with E-state index in [-0.39, 0.29) is 11.9 Å². The highest BCUT2D eigenvalue weighted by Gasteiger charge is 2.28. The topological polar surface area (TPSA) is 73.9 Å². The Balaban J connectivity index is 1.47. The van der Waals surface area contributed by atoms with Gasteiger partial charge in [-0.2, -0.15) is 5.10 Å². The molecule has 0 unspecified atom stereocenters. The van der Waals surface area contributed by atoms with Crippen LogP contribution in [0.2, 0.25) is 5.02 Å². The molecule has 1 aliphatic heterocycles. The number of rotatable bonds is 6. The third kappa shape index (κ3) is 4.33. The van der Waals surface area contributed by atoms with Gasteiger partial charge in [0.05, 0.1) is 6.04 Å². The highest BCUT2D eigenvalue weighted by atomic mass is 35.5. The van der Waals surface area contributed by atoms with Gasteiger partial charge in [0.1, 0.15) is 5.82 Å². The highest BCUT2D eigenvalue weighted by Crippen LogP contribution is 2.29. The summed E-state index contributed by atoms with van der Waals surface area (Å²) in [5.41, 5.74) is 1.01. The molecular formula is C17H22ClN5O. The molecule has 24 heavy (non-hydrogen) atoms. The van der Waals surface area contributed by atoms with Crippen molar-refractivity contribution >= 4 is 17.5 Å². The van der Waals surface area contributed by atoms with E-state index >= 15 is 0 Å². The fourth-order valence-corrected chi connectivity index (χ4v) is 3.29. The fraction of sp³-hybridized carbons (Fsp3) is 0.471. The van der Waals surface area contributed by atoms with E-state index < -0.39 is 0 Å². The van der Waals surface area contributed by atoms with Crippen molar-refractivity contribution in [3.63, 3.8) is 0 Å². The minimum Gasteiger partial charge on any atom is -0.352 e. The van der Waals surface area contributed by atoms with Crippen LogP contribution in [-0.2, 0) is 11.3 Å². The number of H-pyrrole nitrogens is 1. The zero-order valence-corrected chi connectivity index (χ0v) is 14.5. The van der Waals surface area contributed by atoms with E-state index in [4.69, 9.17) is 11.6 Å². The second-order valence-corrected chi connectivity index (χ2v) is 6.57. The zero-order valence-electron chi connectivity index (χ0n) is 13.8. The Labute approximate surface area is 146 Å². The van der Waals surface area contributed by atoms with Crippen molar-refractivity contribution < 1.29 is 4.79 Å². The monoisotopic (exact) mass is 347 g/mol. The first-order valence-electron chi connectivity index (χ1n) is 8.26. The van der Waals surface area contributed by atoms with Crippen molar-refractivity contribution in [2.24, 2.45) is 0 Å². The van der Waals surface area contributed by atoms with Gasteiger partial charge in [-0.1, -0.05) is 23.7 Å². The quantitative estimate of drug-likeness (QED) is 0.842. The lowest BCUT2D eigenvalue weighted by Crippen LogP contribution is -2.31. The molecule has 1 atom stereocenters. The molecule has 1 amide bonds. The number of hydrogen-bond donors (Lipinski definition) is 2. The van der Waals surface area contributed by atoms with Crippen LogP contribution >= 0.6 is 11.6 Å². The number of benzene rings is 1. The van der Waals surface area contributed by atoms with E-state index in [2.05, 4.69) is 25.4 Å². The number of nitrogens with one attached hydrogen (secondary N) is 2. The maximum atomic E-state index is 12.1. The lowest BCUT2D eigenvalue weighted by molar-refractivity contribution is -0.121. The number of aromatic amines is 1. The van der Waals surface area contributed by atoms with E-state index in [1.165, 1.54) is 0 Å². The number of carbonyl (C=O) groups is 1. The van der Waals surface area contributed by atoms with Gasteiger partial charge in [0.2, 0.25) is 5.91 Å². The van der Waals surface area contributed by atoms with Crippen LogP contribution < -0.4 is 5.32 Å². The van der Waals surface area contributed by atoms with Crippen LogP contribution in [0.25, 0.3) is 0 Å². The predicted octanol–water partition coefficient (Wildman–Crippen LogP) is 2.61. The molecule has 2 N–H and O–H groups in total. The van der Waals surface area contributed by atoms with E-state index in [0.29, 0.717) is 18.0 Å². The van der Waals surface area contributed by atoms with Gasteiger partial charge >= 0.3 is 0 Å². The first kappa shape index (κ1) is 16.9. The molecule has 128 valence electrons. The molecule has 0 radical (unpaired) electrons. The molecule has 7 heteroatoms. The van der Waals surface area contributed by atoms with Gasteiger partial charge in [0.15, 0.2) is 5.82 Å². The van der Waals surface area contributed by atoms with Crippen molar-refractivity contribution in [3.8, 4) is 0 Å². The molecule has 1 aliphatic rings. The van der Waals surface area contributed by atoms with Crippen molar-refractivity contribution in [3.05, 3.63) is 46.5 Å². The molecule has 0 bridgehead atoms. The van der Waals surface area contributed by atoms with E-state index in [9.17, 15) is 4.79 Å². The van der Waals surface area contributed by atoms with Crippen LogP contribution in [0.1, 0.15) is 42.5 Å². The summed E-state index contributed by atoms with van der Waals surface area (Å²) in [5.74, 6) is 1.72. The predicted molar refractivity (Wildman–Crippen MR) is 92.6 cm³/mol. The Morgan fingerprint density at radius 2 is 2.38 bits per heavy atom. The van der Waals surface area contributed by atoms with Crippen LogP contribution in [0, 0.1) is 6.92 Å². The van der Waals surface area contributed by atoms with Crippen molar-refractivity contribution in [2.75, 3.05) is 13.1 Å². The fourth-order valence-electron chi connectivity index (χ4n) is 3.08. The van der Waals surface area contributed by atoms with Gasteiger partial charge in [-0.3, -0.25) is 14.8 Å². The summed E-state index contributed by atoms with van der Waals surface area (Å²) in [6.45, 7) is 4.11. The molecule has 0 spiro atoms. The molecule has 0 aliphatic carbocycles. The summed E-state index contributed by atoms with van der Waals surface area (Å²) < 4.78 is 0. The van der Waals surface area contributed by atoms with E-state index in [0.717, 1.165) is 43.1 Å². The number of nitrogens with zero attached hydrogens (tertiary/aromatic N) is 3. The smallest absolute Gasteiger partial charge is 0.221 e. The summed E-state index contributed by atoms with van der Waals surface area (Å²) in [6, 6.07) is 7.75. The Kier molecular flexibility index (Phi) is 5.48. The SMILES string of the molecule is Cc1nc([C@H]2CCCN2CCC(=O)NCc2cccc(Cl)c2)n[nH]1. The average molecular weight is 348 g/mol. The molecule has 1 fully saturated rings. The number of aromatic nitrogens is 3. The summed E-state index contributed by atoms with van der Waals surface area (Å²) in [4.78, 5) is 18.8. The number of aryl methyl sites for hydroxylation is 1. The average Bonchev–Trinajstić information content (AvgIpc) is 3.19. The lowest BCUT2D eigenvalue weighted by atomic mass is 10.2. The van der Waals surface area contributed by atoms with Crippen LogP contribution in [0.4, 0.5) is 0 Å². The Hall–Kier alpha value is -1.92. The normalized spacial score (nSPS) is 18.0. The first-order chi connectivity index (χ1) is 11.6. The van der Waals surface area contributed by atoms with Gasteiger partial charge in [0.25, 0.3) is 0 Å². The van der Waals surface area contributed by atoms with Crippen molar-refractivity contribution in [1.82, 2.24) is 25.4 Å². The van der Waals surface area contributed by atoms with Crippen molar-refractivity contribution in [2.45, 2.75) is 38.8 Å². The van der Waals surface area contributed by atoms with Crippen LogP contribution in [0.5, 0.6) is 0 Å². The molecule has 2 aromatic rings. The minimum atomic E-state index is 0.0480. The van der Waals surface area contributed by atoms with E-state index in [1.54, 1.807) is 0 Å². The van der Waals surface area contributed by atoms with Crippen LogP contribution in [0.3, 0.4) is 0 Å². The summed E-state index contributed by atoms with van der Waals surface area (Å²) in [7, 11) is 0. The number of halogens is 1. The molecule has 1 saturated heterocycles. The zero-order chi connectivity index (χ0) is 16.9. The molecule has 1 aromatic heterocycles. The number of carbonyl (C=O) groups excluding carboxylic acids is 1. The lowest BCUT2D eigenvalue weighted by Gasteiger charge is -2.21. The second-order valence-electron chi connectivity index (χ2n) is 6.13. The third-order valence-corrected chi connectivity index (χ3v) is 4.52. The van der Waals surface area contributed by atoms with Crippen molar-refractivity contribution in [1.29, 1.82) is 0 Å². The number of likely N-dealkylation sites (tertiary alicyclic amines) is 1. The molecular weight excluding hydrogens is 326 g/mol. The Morgan fingerprint density at radius 3 is 3.12 bits per heavy atom. The van der Waals surface area contributed by atoms with Gasteiger partial charge in [-0.25, -0.2) is 4.98 Å². The number of hydrogen-bond acceptors (Lipinski definition) is 4. The van der Waals surface area contributed by atoms with Crippen LogP contribution in [-0.4, -0.2) is 39.1 Å². The Morgan fingerprint density at radius 1 is 1.50 bits per heavy atom. The molecule has 2 heterocycles. The van der Waals surface area contributed by atoms with Gasteiger partial charge < -0.3 is 5.32 Å². The molecule has 0 saturated carbocycles. The second kappa shape index (κ2) is 7.77. The van der Waals surface area contributed by atoms with Gasteiger partial charge in [-0.15, -0.1) is 0 Å². The largest absolute Gasteiger partial charge is 0.352 e. The molecule has 3 rings (SSSR count). The summed E-state index contributed by atoms with van der Waals surface area (Å²) >= 11 is 5.95. The standard InChI is InChI=1S/C17H22ClN5O/c1-12-20-17(22-21-12)15-6-3-8-23(15)9-7-16(24)19-11-13-4-2-5-14(18)10-13/h2,4-5,10,15H,3,6-9,11H2,1H3,(H,19,24)(H,20,21,22)/t15-/m1/s1. The Bertz CT molecular complexity index is 702. The maximum absolute atomic E-state index is 12.1. The number of amides is 1. The minimum absolute atomic E-state index is 0.0480. The maximum Gasteiger partial charge on any atom is 0.221 e. The highest BCUT2D eigenvalue weighted by molar-refractivity contribution is 6.30. The van der Waals surface area contributed by atoms with Gasteiger partial charge in [0, 0.05) is 24.5 Å². The summed E-state index contributed by atoms with van der Waals surface area (Å²) in [5, 5.41) is 10.8. The first-order valence-corrected chi connectivity index (χ1v) is 8.64. The molecule has 1 aromatic carbocycles. The molecule has 6 nitrogen and oxygen atoms in total.